The summed E-state index contributed by atoms with van der Waals surface area (Å²) in [6, 6.07) is 3.98. The monoisotopic (exact) mass is 271 g/mol. The van der Waals surface area contributed by atoms with E-state index in [0.29, 0.717) is 0 Å². The molecule has 0 N–H and O–H groups in total. The number of thioether (sulfide) groups is 1. The molecular formula is C8H2Cl2F3NS. The first-order valence-corrected chi connectivity index (χ1v) is 5.06. The van der Waals surface area contributed by atoms with E-state index in [1.54, 1.807) is 6.07 Å². The van der Waals surface area contributed by atoms with Crippen LogP contribution in [0.5, 0.6) is 0 Å². The lowest BCUT2D eigenvalue weighted by Gasteiger charge is -2.08. The number of nitriles is 1. The first kappa shape index (κ1) is 12.5. The minimum Gasteiger partial charge on any atom is -0.192 e. The minimum absolute atomic E-state index is 0.0361. The Morgan fingerprint density at radius 2 is 1.87 bits per heavy atom. The Balaban J connectivity index is 3.18. The Morgan fingerprint density at radius 1 is 1.27 bits per heavy atom. The van der Waals surface area contributed by atoms with Gasteiger partial charge in [0.05, 0.1) is 15.6 Å². The number of hydrogen-bond acceptors (Lipinski definition) is 2. The van der Waals surface area contributed by atoms with E-state index in [1.807, 2.05) is 0 Å². The van der Waals surface area contributed by atoms with Gasteiger partial charge in [-0.05, 0) is 23.9 Å². The van der Waals surface area contributed by atoms with Gasteiger partial charge in [0.1, 0.15) is 6.07 Å². The SMILES string of the molecule is N#Cc1c(Cl)ccc(SC(F)(F)F)c1Cl. The highest BCUT2D eigenvalue weighted by Gasteiger charge is 2.31. The van der Waals surface area contributed by atoms with E-state index < -0.39 is 5.51 Å². The van der Waals surface area contributed by atoms with Crippen molar-refractivity contribution in [3.05, 3.63) is 27.7 Å². The van der Waals surface area contributed by atoms with Gasteiger partial charge in [-0.1, -0.05) is 23.2 Å². The van der Waals surface area contributed by atoms with Crippen molar-refractivity contribution in [1.82, 2.24) is 0 Å². The molecule has 1 aromatic rings. The fourth-order valence-corrected chi connectivity index (χ4v) is 1.99. The molecule has 0 spiro atoms. The highest BCUT2D eigenvalue weighted by Crippen LogP contribution is 2.42. The van der Waals surface area contributed by atoms with Crippen LogP contribution in [0.15, 0.2) is 17.0 Å². The predicted molar refractivity (Wildman–Crippen MR) is 53.1 cm³/mol. The molecule has 0 aromatic heterocycles. The van der Waals surface area contributed by atoms with E-state index in [1.165, 1.54) is 6.07 Å². The zero-order valence-electron chi connectivity index (χ0n) is 6.90. The summed E-state index contributed by atoms with van der Waals surface area (Å²) in [4.78, 5) is -0.231. The summed E-state index contributed by atoms with van der Waals surface area (Å²) in [7, 11) is 0. The van der Waals surface area contributed by atoms with E-state index >= 15 is 0 Å². The predicted octanol–water partition coefficient (Wildman–Crippen LogP) is 4.48. The normalized spacial score (nSPS) is 11.2. The molecule has 0 aliphatic rings. The lowest BCUT2D eigenvalue weighted by molar-refractivity contribution is -0.0328. The van der Waals surface area contributed by atoms with Crippen molar-refractivity contribution in [3.8, 4) is 6.07 Å². The number of rotatable bonds is 1. The number of benzene rings is 1. The lowest BCUT2D eigenvalue weighted by Crippen LogP contribution is -1.99. The van der Waals surface area contributed by atoms with Crippen molar-refractivity contribution in [2.45, 2.75) is 10.4 Å². The average Bonchev–Trinajstić information content (AvgIpc) is 2.09. The topological polar surface area (TPSA) is 23.8 Å². The molecule has 1 aromatic carbocycles. The van der Waals surface area contributed by atoms with Gasteiger partial charge in [0.15, 0.2) is 0 Å². The average molecular weight is 272 g/mol. The van der Waals surface area contributed by atoms with Crippen molar-refractivity contribution >= 4 is 35.0 Å². The zero-order valence-corrected chi connectivity index (χ0v) is 9.23. The summed E-state index contributed by atoms with van der Waals surface area (Å²) in [6.45, 7) is 0. The van der Waals surface area contributed by atoms with Gasteiger partial charge in [-0.2, -0.15) is 18.4 Å². The van der Waals surface area contributed by atoms with Crippen LogP contribution in [0.3, 0.4) is 0 Å². The van der Waals surface area contributed by atoms with Crippen molar-refractivity contribution < 1.29 is 13.2 Å². The van der Waals surface area contributed by atoms with E-state index in [0.717, 1.165) is 6.07 Å². The van der Waals surface area contributed by atoms with Crippen LogP contribution in [0.1, 0.15) is 5.56 Å². The zero-order chi connectivity index (χ0) is 11.6. The summed E-state index contributed by atoms with van der Waals surface area (Å²) in [6.07, 6.45) is 0. The van der Waals surface area contributed by atoms with Gasteiger partial charge < -0.3 is 0 Å². The first-order chi connectivity index (χ1) is 6.85. The summed E-state index contributed by atoms with van der Waals surface area (Å²) < 4.78 is 36.1. The molecule has 0 fully saturated rings. The van der Waals surface area contributed by atoms with E-state index in [-0.39, 0.29) is 32.3 Å². The molecule has 0 radical (unpaired) electrons. The van der Waals surface area contributed by atoms with Gasteiger partial charge in [-0.15, -0.1) is 0 Å². The first-order valence-electron chi connectivity index (χ1n) is 3.49. The largest absolute Gasteiger partial charge is 0.446 e. The lowest BCUT2D eigenvalue weighted by atomic mass is 10.2. The van der Waals surface area contributed by atoms with Crippen molar-refractivity contribution in [1.29, 1.82) is 5.26 Å². The van der Waals surface area contributed by atoms with Gasteiger partial charge in [-0.25, -0.2) is 0 Å². The highest BCUT2D eigenvalue weighted by atomic mass is 35.5. The maximum Gasteiger partial charge on any atom is 0.446 e. The Bertz CT molecular complexity index is 425. The van der Waals surface area contributed by atoms with E-state index in [4.69, 9.17) is 28.5 Å². The third kappa shape index (κ3) is 3.20. The number of alkyl halides is 3. The van der Waals surface area contributed by atoms with E-state index in [9.17, 15) is 13.2 Å². The number of halogens is 5. The smallest absolute Gasteiger partial charge is 0.192 e. The Morgan fingerprint density at radius 3 is 2.33 bits per heavy atom. The molecular weight excluding hydrogens is 270 g/mol. The standard InChI is InChI=1S/C8H2Cl2F3NS/c9-5-1-2-6(15-8(11,12)13)7(10)4(5)3-14/h1-2H. The second kappa shape index (κ2) is 4.52. The number of nitrogens with zero attached hydrogens (tertiary/aromatic N) is 1. The van der Waals surface area contributed by atoms with Crippen molar-refractivity contribution in [2.75, 3.05) is 0 Å². The second-order valence-electron chi connectivity index (χ2n) is 2.39. The van der Waals surface area contributed by atoms with Crippen LogP contribution < -0.4 is 0 Å². The molecule has 0 saturated carbocycles. The molecule has 0 bridgehead atoms. The fraction of sp³-hybridized carbons (Fsp3) is 0.125. The molecule has 1 nitrogen and oxygen atoms in total. The molecule has 80 valence electrons. The maximum atomic E-state index is 12.0. The summed E-state index contributed by atoms with van der Waals surface area (Å²) >= 11 is 10.8. The van der Waals surface area contributed by atoms with Crippen LogP contribution in [0.25, 0.3) is 0 Å². The molecule has 0 atom stereocenters. The Labute approximate surface area is 97.8 Å². The van der Waals surface area contributed by atoms with E-state index in [2.05, 4.69) is 0 Å². The fourth-order valence-electron chi connectivity index (χ4n) is 0.839. The van der Waals surface area contributed by atoms with Crippen LogP contribution in [-0.2, 0) is 0 Å². The molecule has 0 aliphatic heterocycles. The van der Waals surface area contributed by atoms with Crippen molar-refractivity contribution in [2.24, 2.45) is 0 Å². The summed E-state index contributed by atoms with van der Waals surface area (Å²) in [5, 5.41) is 8.38. The molecule has 0 aliphatic carbocycles. The third-order valence-corrected chi connectivity index (χ3v) is 3.00. The molecule has 0 amide bonds. The highest BCUT2D eigenvalue weighted by molar-refractivity contribution is 8.00. The molecule has 15 heavy (non-hydrogen) atoms. The number of hydrogen-bond donors (Lipinski definition) is 0. The van der Waals surface area contributed by atoms with Crippen LogP contribution in [0.4, 0.5) is 13.2 Å². The Kier molecular flexibility index (Phi) is 3.77. The van der Waals surface area contributed by atoms with Crippen molar-refractivity contribution in [3.63, 3.8) is 0 Å². The quantitative estimate of drug-likeness (QED) is 0.704. The van der Waals surface area contributed by atoms with Crippen LogP contribution in [0, 0.1) is 11.3 Å². The van der Waals surface area contributed by atoms with Crippen LogP contribution in [-0.4, -0.2) is 5.51 Å². The molecule has 0 heterocycles. The van der Waals surface area contributed by atoms with Gasteiger partial charge in [0.2, 0.25) is 0 Å². The minimum atomic E-state index is -4.44. The van der Waals surface area contributed by atoms with Gasteiger partial charge in [-0.3, -0.25) is 0 Å². The van der Waals surface area contributed by atoms with Crippen LogP contribution in [0.2, 0.25) is 10.0 Å². The van der Waals surface area contributed by atoms with Gasteiger partial charge in [0, 0.05) is 4.90 Å². The molecule has 1 rings (SSSR count). The Hall–Kier alpha value is -0.570. The third-order valence-electron chi connectivity index (χ3n) is 1.39. The van der Waals surface area contributed by atoms with Gasteiger partial charge in [0.25, 0.3) is 0 Å². The molecule has 0 saturated heterocycles. The van der Waals surface area contributed by atoms with Gasteiger partial charge >= 0.3 is 5.51 Å². The molecule has 7 heteroatoms. The molecule has 0 unspecified atom stereocenters. The summed E-state index contributed by atoms with van der Waals surface area (Å²) in [5.41, 5.74) is -4.59. The maximum absolute atomic E-state index is 12.0. The second-order valence-corrected chi connectivity index (χ2v) is 4.29. The van der Waals surface area contributed by atoms with Crippen LogP contribution >= 0.6 is 35.0 Å². The summed E-state index contributed by atoms with van der Waals surface area (Å²) in [5.74, 6) is 0.